The van der Waals surface area contributed by atoms with Gasteiger partial charge in [0, 0.05) is 22.6 Å². The first-order chi connectivity index (χ1) is 8.16. The highest BCUT2D eigenvalue weighted by molar-refractivity contribution is 9.10. The van der Waals surface area contributed by atoms with Crippen molar-refractivity contribution in [2.45, 2.75) is 25.7 Å². The van der Waals surface area contributed by atoms with Crippen molar-refractivity contribution in [3.63, 3.8) is 0 Å². The van der Waals surface area contributed by atoms with E-state index in [1.165, 1.54) is 24.1 Å². The Morgan fingerprint density at radius 1 is 1.47 bits per heavy atom. The Balaban J connectivity index is 2.18. The molecule has 1 aliphatic carbocycles. The highest BCUT2D eigenvalue weighted by Crippen LogP contribution is 2.43. The van der Waals surface area contributed by atoms with Crippen molar-refractivity contribution in [1.82, 2.24) is 9.97 Å². The zero-order chi connectivity index (χ0) is 12.0. The number of hydrogen-bond donors (Lipinski definition) is 1. The van der Waals surface area contributed by atoms with E-state index in [0.717, 1.165) is 15.9 Å². The van der Waals surface area contributed by atoms with Crippen molar-refractivity contribution in [3.8, 4) is 11.4 Å². The lowest BCUT2D eigenvalue weighted by atomic mass is 10.2. The quantitative estimate of drug-likeness (QED) is 0.802. The molecule has 1 saturated carbocycles. The predicted molar refractivity (Wildman–Crippen MR) is 77.1 cm³/mol. The average molecular weight is 327 g/mol. The largest absolute Gasteiger partial charge is 0.342 e. The summed E-state index contributed by atoms with van der Waals surface area (Å²) in [6, 6.07) is 0. The molecule has 2 aromatic heterocycles. The van der Waals surface area contributed by atoms with Gasteiger partial charge in [-0.3, -0.25) is 0 Å². The zero-order valence-corrected chi connectivity index (χ0v) is 12.5. The number of H-pyrrole nitrogens is 1. The predicted octanol–water partition coefficient (Wildman–Crippen LogP) is 4.82. The van der Waals surface area contributed by atoms with Gasteiger partial charge in [0.2, 0.25) is 0 Å². The molecule has 0 spiro atoms. The summed E-state index contributed by atoms with van der Waals surface area (Å²) in [5.74, 6) is 1.53. The Bertz CT molecular complexity index is 626. The van der Waals surface area contributed by atoms with E-state index in [1.807, 2.05) is 0 Å². The van der Waals surface area contributed by atoms with Crippen LogP contribution in [0.15, 0.2) is 15.2 Å². The molecule has 0 aliphatic heterocycles. The van der Waals surface area contributed by atoms with Crippen molar-refractivity contribution in [2.75, 3.05) is 0 Å². The number of thiophene rings is 1. The van der Waals surface area contributed by atoms with Crippen LogP contribution in [0.2, 0.25) is 0 Å². The number of rotatable bonds is 2. The fourth-order valence-corrected chi connectivity index (χ4v) is 3.41. The summed E-state index contributed by atoms with van der Waals surface area (Å²) in [5.41, 5.74) is 3.62. The molecule has 1 fully saturated rings. The lowest BCUT2D eigenvalue weighted by Crippen LogP contribution is -1.97. The minimum absolute atomic E-state index is 0.631. The molecule has 1 aliphatic rings. The second-order valence-corrected chi connectivity index (χ2v) is 6.28. The third-order valence-electron chi connectivity index (χ3n) is 2.99. The van der Waals surface area contributed by atoms with Gasteiger partial charge < -0.3 is 4.98 Å². The Morgan fingerprint density at radius 2 is 2.24 bits per heavy atom. The summed E-state index contributed by atoms with van der Waals surface area (Å²) in [7, 11) is 0. The molecule has 0 aromatic carbocycles. The van der Waals surface area contributed by atoms with Crippen molar-refractivity contribution >= 4 is 39.5 Å². The van der Waals surface area contributed by atoms with Gasteiger partial charge in [-0.2, -0.15) is 11.3 Å². The second-order valence-electron chi connectivity index (χ2n) is 4.36. The minimum Gasteiger partial charge on any atom is -0.342 e. The maximum atomic E-state index is 5.32. The molecule has 0 atom stereocenters. The summed E-state index contributed by atoms with van der Waals surface area (Å²) < 4.78 is 1.62. The molecule has 3 rings (SSSR count). The van der Waals surface area contributed by atoms with Gasteiger partial charge in [-0.1, -0.05) is 12.2 Å². The smallest absolute Gasteiger partial charge is 0.144 e. The number of aromatic amines is 1. The summed E-state index contributed by atoms with van der Waals surface area (Å²) in [5, 5.41) is 4.25. The maximum absolute atomic E-state index is 5.32. The fourth-order valence-electron chi connectivity index (χ4n) is 1.86. The monoisotopic (exact) mass is 326 g/mol. The molecule has 0 saturated heterocycles. The van der Waals surface area contributed by atoms with E-state index in [0.29, 0.717) is 10.6 Å². The Kier molecular flexibility index (Phi) is 2.92. The van der Waals surface area contributed by atoms with E-state index in [2.05, 4.69) is 43.6 Å². The van der Waals surface area contributed by atoms with Crippen LogP contribution in [0.1, 0.15) is 30.0 Å². The average Bonchev–Trinajstić information content (AvgIpc) is 3.05. The van der Waals surface area contributed by atoms with E-state index < -0.39 is 0 Å². The van der Waals surface area contributed by atoms with Gasteiger partial charge in [0.1, 0.15) is 10.5 Å². The highest BCUT2D eigenvalue weighted by Gasteiger charge is 2.27. The first-order valence-corrected chi connectivity index (χ1v) is 7.64. The van der Waals surface area contributed by atoms with Crippen LogP contribution >= 0.6 is 39.5 Å². The van der Waals surface area contributed by atoms with Gasteiger partial charge in [0.25, 0.3) is 0 Å². The second kappa shape index (κ2) is 4.30. The first-order valence-electron chi connectivity index (χ1n) is 5.49. The number of halogens is 1. The normalized spacial score (nSPS) is 15.2. The number of nitrogens with zero attached hydrogens (tertiary/aromatic N) is 1. The van der Waals surface area contributed by atoms with Crippen LogP contribution in [-0.2, 0) is 0 Å². The summed E-state index contributed by atoms with van der Waals surface area (Å²) in [6.45, 7) is 2.10. The molecule has 88 valence electrons. The summed E-state index contributed by atoms with van der Waals surface area (Å²) >= 11 is 10.6. The molecule has 2 nitrogen and oxygen atoms in total. The molecule has 0 bridgehead atoms. The maximum Gasteiger partial charge on any atom is 0.144 e. The lowest BCUT2D eigenvalue weighted by Gasteiger charge is -2.07. The molecule has 0 radical (unpaired) electrons. The van der Waals surface area contributed by atoms with E-state index in [-0.39, 0.29) is 0 Å². The van der Waals surface area contributed by atoms with Crippen LogP contribution in [0, 0.1) is 11.6 Å². The lowest BCUT2D eigenvalue weighted by molar-refractivity contribution is 0.972. The van der Waals surface area contributed by atoms with E-state index in [9.17, 15) is 0 Å². The van der Waals surface area contributed by atoms with E-state index in [1.54, 1.807) is 11.3 Å². The Hall–Kier alpha value is -0.520. The molecular formula is C12H11BrN2S2. The zero-order valence-electron chi connectivity index (χ0n) is 9.29. The first kappa shape index (κ1) is 11.6. The fraction of sp³-hybridized carbons (Fsp3) is 0.333. The third kappa shape index (κ3) is 2.11. The van der Waals surface area contributed by atoms with Crippen molar-refractivity contribution in [3.05, 3.63) is 31.1 Å². The number of aryl methyl sites for hydroxylation is 1. The van der Waals surface area contributed by atoms with Crippen molar-refractivity contribution in [2.24, 2.45) is 0 Å². The highest BCUT2D eigenvalue weighted by atomic mass is 79.9. The molecule has 0 amide bonds. The van der Waals surface area contributed by atoms with Gasteiger partial charge in [0.05, 0.1) is 4.47 Å². The van der Waals surface area contributed by atoms with E-state index in [4.69, 9.17) is 12.2 Å². The van der Waals surface area contributed by atoms with Crippen molar-refractivity contribution < 1.29 is 0 Å². The third-order valence-corrected chi connectivity index (χ3v) is 5.21. The van der Waals surface area contributed by atoms with Crippen LogP contribution in [0.25, 0.3) is 11.4 Å². The van der Waals surface area contributed by atoms with Crippen molar-refractivity contribution in [1.29, 1.82) is 0 Å². The van der Waals surface area contributed by atoms with Gasteiger partial charge >= 0.3 is 0 Å². The van der Waals surface area contributed by atoms with Gasteiger partial charge in [-0.15, -0.1) is 0 Å². The molecule has 0 unspecified atom stereocenters. The molecule has 2 heterocycles. The van der Waals surface area contributed by atoms with Crippen LogP contribution in [0.4, 0.5) is 0 Å². The summed E-state index contributed by atoms with van der Waals surface area (Å²) in [4.78, 5) is 7.91. The van der Waals surface area contributed by atoms with Gasteiger partial charge in [-0.25, -0.2) is 4.98 Å². The van der Waals surface area contributed by atoms with Crippen LogP contribution in [0.3, 0.4) is 0 Å². The molecule has 5 heteroatoms. The molecule has 1 N–H and O–H groups in total. The van der Waals surface area contributed by atoms with Gasteiger partial charge in [0.15, 0.2) is 0 Å². The number of nitrogens with one attached hydrogen (secondary N) is 1. The standard InChI is InChI=1S/C12H11BrN2S2/c1-6-4-17-5-8(6)11-14-10(7-2-3-7)9(13)12(16)15-11/h4-5,7H,2-3H2,1H3,(H,14,15,16). The number of hydrogen-bond acceptors (Lipinski definition) is 3. The van der Waals surface area contributed by atoms with Gasteiger partial charge in [-0.05, 0) is 46.6 Å². The molecule has 2 aromatic rings. The SMILES string of the molecule is Cc1cscc1-c1nc(=S)c(Br)c(C2CC2)[nH]1. The Labute approximate surface area is 117 Å². The topological polar surface area (TPSA) is 28.7 Å². The number of aromatic nitrogens is 2. The minimum atomic E-state index is 0.631. The van der Waals surface area contributed by atoms with E-state index >= 15 is 0 Å². The Morgan fingerprint density at radius 3 is 2.82 bits per heavy atom. The molecular weight excluding hydrogens is 316 g/mol. The molecule has 17 heavy (non-hydrogen) atoms. The summed E-state index contributed by atoms with van der Waals surface area (Å²) in [6.07, 6.45) is 2.49. The van der Waals surface area contributed by atoms with Crippen LogP contribution < -0.4 is 0 Å². The van der Waals surface area contributed by atoms with Crippen LogP contribution in [0.5, 0.6) is 0 Å². The van der Waals surface area contributed by atoms with Crippen LogP contribution in [-0.4, -0.2) is 9.97 Å².